The van der Waals surface area contributed by atoms with Gasteiger partial charge in [0.2, 0.25) is 10.0 Å². The van der Waals surface area contributed by atoms with Gasteiger partial charge < -0.3 is 4.74 Å². The molecule has 0 saturated carbocycles. The molecule has 0 atom stereocenters. The normalized spacial score (nSPS) is 15.1. The molecule has 0 aliphatic carbocycles. The molecule has 0 bridgehead atoms. The van der Waals surface area contributed by atoms with Crippen LogP contribution in [0.1, 0.15) is 11.3 Å². The second-order valence-electron chi connectivity index (χ2n) is 4.53. The minimum Gasteiger partial charge on any atom is -0.495 e. The van der Waals surface area contributed by atoms with Gasteiger partial charge in [-0.25, -0.2) is 8.42 Å². The summed E-state index contributed by atoms with van der Waals surface area (Å²) in [6.45, 7) is 0.653. The molecule has 1 aromatic heterocycles. The molecule has 0 unspecified atom stereocenters. The Morgan fingerprint density at radius 3 is 2.70 bits per heavy atom. The minimum absolute atomic E-state index is 0.190. The van der Waals surface area contributed by atoms with Crippen molar-refractivity contribution in [3.63, 3.8) is 0 Å². The van der Waals surface area contributed by atoms with E-state index in [0.717, 1.165) is 11.3 Å². The van der Waals surface area contributed by atoms with Crippen LogP contribution in [-0.2, 0) is 23.1 Å². The number of methoxy groups -OCH3 is 1. The summed E-state index contributed by atoms with van der Waals surface area (Å²) >= 11 is 0. The van der Waals surface area contributed by atoms with Gasteiger partial charge in [0, 0.05) is 12.7 Å². The molecule has 0 saturated heterocycles. The molecule has 0 radical (unpaired) electrons. The highest BCUT2D eigenvalue weighted by Gasteiger charge is 2.32. The number of para-hydroxylation sites is 1. The quantitative estimate of drug-likeness (QED) is 0.865. The smallest absolute Gasteiger partial charge is 0.247 e. The Kier molecular flexibility index (Phi) is 3.19. The third kappa shape index (κ3) is 2.07. The number of sulfonamides is 1. The minimum atomic E-state index is -3.58. The third-order valence-corrected chi connectivity index (χ3v) is 5.18. The van der Waals surface area contributed by atoms with E-state index in [1.165, 1.54) is 11.4 Å². The van der Waals surface area contributed by atoms with Gasteiger partial charge in [-0.1, -0.05) is 18.2 Å². The maximum atomic E-state index is 12.7. The highest BCUT2D eigenvalue weighted by molar-refractivity contribution is 7.89. The lowest BCUT2D eigenvalue weighted by molar-refractivity contribution is 0.392. The first-order chi connectivity index (χ1) is 9.63. The van der Waals surface area contributed by atoms with Crippen LogP contribution in [0.3, 0.4) is 0 Å². The molecule has 0 fully saturated rings. The molecule has 20 heavy (non-hydrogen) atoms. The Bertz CT molecular complexity index is 719. The molecule has 0 amide bonds. The summed E-state index contributed by atoms with van der Waals surface area (Å²) in [4.78, 5) is 4.41. The summed E-state index contributed by atoms with van der Waals surface area (Å²) in [7, 11) is -2.11. The van der Waals surface area contributed by atoms with Crippen molar-refractivity contribution < 1.29 is 13.2 Å². The van der Waals surface area contributed by atoms with Crippen molar-refractivity contribution in [3.8, 4) is 5.75 Å². The van der Waals surface area contributed by atoms with Crippen molar-refractivity contribution in [2.45, 2.75) is 18.0 Å². The fraction of sp³-hybridized carbons (Fsp3) is 0.214. The van der Waals surface area contributed by atoms with Gasteiger partial charge in [0.15, 0.2) is 0 Å². The number of hydrogen-bond acceptors (Lipinski definition) is 4. The van der Waals surface area contributed by atoms with Crippen molar-refractivity contribution in [1.82, 2.24) is 9.29 Å². The molecule has 1 aliphatic heterocycles. The first kappa shape index (κ1) is 13.1. The van der Waals surface area contributed by atoms with Crippen molar-refractivity contribution in [2.75, 3.05) is 7.11 Å². The summed E-state index contributed by atoms with van der Waals surface area (Å²) in [6.07, 6.45) is 1.68. The van der Waals surface area contributed by atoms with E-state index in [1.807, 2.05) is 12.1 Å². The van der Waals surface area contributed by atoms with Crippen molar-refractivity contribution in [3.05, 3.63) is 53.9 Å². The van der Waals surface area contributed by atoms with Crippen LogP contribution < -0.4 is 4.74 Å². The van der Waals surface area contributed by atoms with E-state index in [2.05, 4.69) is 4.98 Å². The highest BCUT2D eigenvalue weighted by atomic mass is 32.2. The summed E-state index contributed by atoms with van der Waals surface area (Å²) in [5.41, 5.74) is 1.76. The van der Waals surface area contributed by atoms with E-state index in [0.29, 0.717) is 18.8 Å². The number of rotatable bonds is 3. The Labute approximate surface area is 117 Å². The third-order valence-electron chi connectivity index (χ3n) is 3.34. The van der Waals surface area contributed by atoms with Crippen LogP contribution in [0.15, 0.2) is 47.5 Å². The zero-order chi connectivity index (χ0) is 14.2. The van der Waals surface area contributed by atoms with Crippen LogP contribution in [0.25, 0.3) is 0 Å². The second kappa shape index (κ2) is 4.88. The van der Waals surface area contributed by atoms with E-state index in [1.54, 1.807) is 30.5 Å². The highest BCUT2D eigenvalue weighted by Crippen LogP contribution is 2.31. The van der Waals surface area contributed by atoms with Gasteiger partial charge in [0.25, 0.3) is 0 Å². The number of pyridine rings is 1. The fourth-order valence-electron chi connectivity index (χ4n) is 2.31. The Hall–Kier alpha value is -1.92. The number of benzene rings is 1. The molecular weight excluding hydrogens is 276 g/mol. The number of ether oxygens (including phenoxy) is 1. The summed E-state index contributed by atoms with van der Waals surface area (Å²) < 4.78 is 32.0. The summed E-state index contributed by atoms with van der Waals surface area (Å²) in [6, 6.07) is 10.4. The molecule has 1 aliphatic rings. The molecule has 104 valence electrons. The van der Waals surface area contributed by atoms with Crippen LogP contribution in [0.5, 0.6) is 5.75 Å². The number of nitrogens with zero attached hydrogens (tertiary/aromatic N) is 2. The van der Waals surface area contributed by atoms with E-state index in [4.69, 9.17) is 4.74 Å². The van der Waals surface area contributed by atoms with Gasteiger partial charge in [-0.05, 0) is 23.8 Å². The van der Waals surface area contributed by atoms with Crippen molar-refractivity contribution in [2.24, 2.45) is 0 Å². The Morgan fingerprint density at radius 2 is 1.95 bits per heavy atom. The zero-order valence-corrected chi connectivity index (χ0v) is 11.8. The molecule has 3 rings (SSSR count). The molecular formula is C14H14N2O3S. The molecule has 1 aromatic carbocycles. The maximum absolute atomic E-state index is 12.7. The topological polar surface area (TPSA) is 59.5 Å². The standard InChI is InChI=1S/C14H14N2O3S/c1-19-13-6-2-3-7-14(13)20(17,18)16-9-11-5-4-8-15-12(11)10-16/h2-8H,9-10H2,1H3. The molecule has 5 nitrogen and oxygen atoms in total. The lowest BCUT2D eigenvalue weighted by Crippen LogP contribution is -2.26. The van der Waals surface area contributed by atoms with E-state index in [-0.39, 0.29) is 4.90 Å². The SMILES string of the molecule is COc1ccccc1S(=O)(=O)N1Cc2cccnc2C1. The van der Waals surface area contributed by atoms with Gasteiger partial charge in [-0.3, -0.25) is 4.98 Å². The van der Waals surface area contributed by atoms with E-state index in [9.17, 15) is 8.42 Å². The van der Waals surface area contributed by atoms with Gasteiger partial charge >= 0.3 is 0 Å². The molecule has 6 heteroatoms. The number of hydrogen-bond donors (Lipinski definition) is 0. The summed E-state index contributed by atoms with van der Waals surface area (Å²) in [5.74, 6) is 0.358. The van der Waals surface area contributed by atoms with Crippen LogP contribution >= 0.6 is 0 Å². The van der Waals surface area contributed by atoms with Crippen molar-refractivity contribution in [1.29, 1.82) is 0 Å². The number of aromatic nitrogens is 1. The van der Waals surface area contributed by atoms with Gasteiger partial charge in [0.1, 0.15) is 10.6 Å². The fourth-order valence-corrected chi connectivity index (χ4v) is 3.85. The average Bonchev–Trinajstić information content (AvgIpc) is 2.92. The second-order valence-corrected chi connectivity index (χ2v) is 6.44. The predicted molar refractivity (Wildman–Crippen MR) is 73.7 cm³/mol. The largest absolute Gasteiger partial charge is 0.495 e. The van der Waals surface area contributed by atoms with Crippen LogP contribution in [0.4, 0.5) is 0 Å². The zero-order valence-electron chi connectivity index (χ0n) is 11.0. The summed E-state index contributed by atoms with van der Waals surface area (Å²) in [5, 5.41) is 0. The molecule has 2 heterocycles. The predicted octanol–water partition coefficient (Wildman–Crippen LogP) is 1.79. The average molecular weight is 290 g/mol. The van der Waals surface area contributed by atoms with E-state index >= 15 is 0 Å². The first-order valence-electron chi connectivity index (χ1n) is 6.19. The number of fused-ring (bicyclic) bond motifs is 1. The van der Waals surface area contributed by atoms with E-state index < -0.39 is 10.0 Å². The Morgan fingerprint density at radius 1 is 1.15 bits per heavy atom. The lowest BCUT2D eigenvalue weighted by atomic mass is 10.2. The maximum Gasteiger partial charge on any atom is 0.247 e. The monoisotopic (exact) mass is 290 g/mol. The molecule has 0 spiro atoms. The van der Waals surface area contributed by atoms with Crippen LogP contribution in [-0.4, -0.2) is 24.8 Å². The molecule has 0 N–H and O–H groups in total. The first-order valence-corrected chi connectivity index (χ1v) is 7.63. The molecule has 2 aromatic rings. The Balaban J connectivity index is 1.99. The van der Waals surface area contributed by atoms with Gasteiger partial charge in [0.05, 0.1) is 19.3 Å². The van der Waals surface area contributed by atoms with Gasteiger partial charge in [-0.15, -0.1) is 0 Å². The van der Waals surface area contributed by atoms with Crippen LogP contribution in [0, 0.1) is 0 Å². The van der Waals surface area contributed by atoms with Crippen molar-refractivity contribution >= 4 is 10.0 Å². The van der Waals surface area contributed by atoms with Crippen LogP contribution in [0.2, 0.25) is 0 Å². The van der Waals surface area contributed by atoms with Gasteiger partial charge in [-0.2, -0.15) is 4.31 Å². The lowest BCUT2D eigenvalue weighted by Gasteiger charge is -2.17.